The normalized spacial score (nSPS) is 37.9. The van der Waals surface area contributed by atoms with Crippen molar-refractivity contribution in [3.63, 3.8) is 0 Å². The highest BCUT2D eigenvalue weighted by Gasteiger charge is 2.65. The number of fused-ring (bicyclic) bond motifs is 1. The number of hydrogen-bond acceptors (Lipinski definition) is 5. The second-order valence-corrected chi connectivity index (χ2v) is 11.0. The molecule has 0 radical (unpaired) electrons. The second-order valence-electron chi connectivity index (χ2n) is 9.50. The predicted molar refractivity (Wildman–Crippen MR) is 116 cm³/mol. The Hall–Kier alpha value is -2.05. The molecule has 0 aromatic heterocycles. The topological polar surface area (TPSA) is 61.8 Å². The third-order valence-corrected chi connectivity index (χ3v) is 9.82. The number of nitrogens with zero attached hydrogens (tertiary/aromatic N) is 1. The van der Waals surface area contributed by atoms with Crippen molar-refractivity contribution in [2.45, 2.75) is 54.2 Å². The number of hydrogen-bond donors (Lipinski definition) is 2. The summed E-state index contributed by atoms with van der Waals surface area (Å²) < 4.78 is 19.4. The van der Waals surface area contributed by atoms with Crippen LogP contribution >= 0.6 is 0 Å². The summed E-state index contributed by atoms with van der Waals surface area (Å²) in [6.07, 6.45) is 4.35. The van der Waals surface area contributed by atoms with E-state index in [1.807, 2.05) is 24.3 Å². The van der Waals surface area contributed by atoms with Gasteiger partial charge in [-0.1, -0.05) is 18.2 Å². The van der Waals surface area contributed by atoms with E-state index >= 15 is 0 Å². The van der Waals surface area contributed by atoms with Gasteiger partial charge in [0.25, 0.3) is 0 Å². The zero-order valence-electron chi connectivity index (χ0n) is 16.8. The maximum Gasteiger partial charge on any atom is 0.165 e. The lowest BCUT2D eigenvalue weighted by Crippen LogP contribution is -2.68. The van der Waals surface area contributed by atoms with E-state index in [-0.39, 0.29) is 23.3 Å². The van der Waals surface area contributed by atoms with Crippen molar-refractivity contribution in [3.8, 4) is 11.5 Å². The monoisotopic (exact) mass is 422 g/mol. The molecule has 7 rings (SSSR count). The van der Waals surface area contributed by atoms with Gasteiger partial charge in [-0.05, 0) is 61.9 Å². The van der Waals surface area contributed by atoms with Gasteiger partial charge in [-0.15, -0.1) is 0 Å². The number of nitrogens with one attached hydrogen (secondary N) is 1. The number of aromatic hydroxyl groups is 1. The minimum atomic E-state index is -0.929. The van der Waals surface area contributed by atoms with Crippen LogP contribution in [0.5, 0.6) is 11.5 Å². The van der Waals surface area contributed by atoms with Crippen molar-refractivity contribution in [2.24, 2.45) is 5.92 Å². The van der Waals surface area contributed by atoms with Gasteiger partial charge < -0.3 is 20.1 Å². The van der Waals surface area contributed by atoms with Crippen molar-refractivity contribution in [3.05, 3.63) is 47.5 Å². The van der Waals surface area contributed by atoms with E-state index in [1.165, 1.54) is 17.5 Å². The smallest absolute Gasteiger partial charge is 0.165 e. The lowest BCUT2D eigenvalue weighted by atomic mass is 9.51. The van der Waals surface area contributed by atoms with E-state index in [2.05, 4.69) is 22.3 Å². The van der Waals surface area contributed by atoms with Crippen molar-refractivity contribution in [2.75, 3.05) is 23.7 Å². The molecule has 2 aromatic carbocycles. The van der Waals surface area contributed by atoms with Gasteiger partial charge in [-0.3, -0.25) is 4.21 Å². The minimum Gasteiger partial charge on any atom is -0.504 e. The van der Waals surface area contributed by atoms with Gasteiger partial charge in [0.2, 0.25) is 0 Å². The molecular weight excluding hydrogens is 396 g/mol. The Morgan fingerprint density at radius 1 is 1.20 bits per heavy atom. The third-order valence-electron chi connectivity index (χ3n) is 8.43. The molecule has 0 amide bonds. The maximum absolute atomic E-state index is 12.7. The number of piperidine rings is 1. The van der Waals surface area contributed by atoms with Crippen LogP contribution in [0.3, 0.4) is 0 Å². The molecule has 1 saturated heterocycles. The van der Waals surface area contributed by atoms with E-state index in [0.717, 1.165) is 48.7 Å². The second kappa shape index (κ2) is 6.01. The first-order valence-electron chi connectivity index (χ1n) is 11.2. The van der Waals surface area contributed by atoms with Gasteiger partial charge in [0, 0.05) is 29.3 Å². The molecule has 6 heteroatoms. The Labute approximate surface area is 178 Å². The van der Waals surface area contributed by atoms with Crippen LogP contribution in [-0.2, 0) is 22.6 Å². The number of anilines is 1. The summed E-state index contributed by atoms with van der Waals surface area (Å²) in [5.41, 5.74) is 3.73. The molecule has 3 aliphatic heterocycles. The van der Waals surface area contributed by atoms with Gasteiger partial charge in [-0.25, -0.2) is 0 Å². The van der Waals surface area contributed by atoms with Crippen molar-refractivity contribution in [1.82, 2.24) is 5.32 Å². The fourth-order valence-corrected chi connectivity index (χ4v) is 8.63. The molecule has 1 spiro atoms. The molecule has 156 valence electrons. The zero-order valence-corrected chi connectivity index (χ0v) is 17.7. The summed E-state index contributed by atoms with van der Waals surface area (Å²) in [7, 11) is -0.929. The Bertz CT molecular complexity index is 1090. The minimum absolute atomic E-state index is 0.0218. The molecule has 5 nitrogen and oxygen atoms in total. The predicted octanol–water partition coefficient (Wildman–Crippen LogP) is 2.72. The van der Waals surface area contributed by atoms with Crippen LogP contribution in [0.2, 0.25) is 0 Å². The molecule has 5 aliphatic rings. The summed E-state index contributed by atoms with van der Waals surface area (Å²) in [4.78, 5) is 3.43. The molecule has 2 fully saturated rings. The Balaban J connectivity index is 1.39. The molecule has 6 atom stereocenters. The highest BCUT2D eigenvalue weighted by Crippen LogP contribution is 2.63. The Kier molecular flexibility index (Phi) is 3.53. The van der Waals surface area contributed by atoms with Crippen molar-refractivity contribution in [1.29, 1.82) is 0 Å². The van der Waals surface area contributed by atoms with Crippen LogP contribution < -0.4 is 15.0 Å². The number of rotatable bonds is 1. The average molecular weight is 423 g/mol. The quantitative estimate of drug-likeness (QED) is 0.740. The van der Waals surface area contributed by atoms with Gasteiger partial charge in [-0.2, -0.15) is 0 Å². The van der Waals surface area contributed by atoms with Gasteiger partial charge in [0.15, 0.2) is 11.5 Å². The summed E-state index contributed by atoms with van der Waals surface area (Å²) in [5, 5.41) is 14.5. The number of para-hydroxylation sites is 1. The van der Waals surface area contributed by atoms with Gasteiger partial charge >= 0.3 is 0 Å². The maximum atomic E-state index is 12.7. The molecule has 3 heterocycles. The first-order valence-corrected chi connectivity index (χ1v) is 12.5. The summed E-state index contributed by atoms with van der Waals surface area (Å²) in [6.45, 7) is 1.80. The van der Waals surface area contributed by atoms with E-state index in [0.29, 0.717) is 17.7 Å². The van der Waals surface area contributed by atoms with Crippen LogP contribution in [0, 0.1) is 5.92 Å². The molecular formula is C24H26N2O3S. The molecule has 1 saturated carbocycles. The van der Waals surface area contributed by atoms with Crippen LogP contribution in [-0.4, -0.2) is 46.3 Å². The summed E-state index contributed by atoms with van der Waals surface area (Å²) in [5.74, 6) is 2.25. The number of phenols is 1. The summed E-state index contributed by atoms with van der Waals surface area (Å²) in [6, 6.07) is 12.8. The first kappa shape index (κ1) is 17.6. The highest BCUT2D eigenvalue weighted by molar-refractivity contribution is 7.85. The number of ether oxygens (including phenoxy) is 1. The van der Waals surface area contributed by atoms with Crippen molar-refractivity contribution < 1.29 is 14.1 Å². The summed E-state index contributed by atoms with van der Waals surface area (Å²) >= 11 is 0. The molecule has 2 aliphatic carbocycles. The van der Waals surface area contributed by atoms with E-state index in [1.54, 1.807) is 0 Å². The van der Waals surface area contributed by atoms with Crippen LogP contribution in [0.15, 0.2) is 41.3 Å². The van der Waals surface area contributed by atoms with E-state index in [9.17, 15) is 9.32 Å². The van der Waals surface area contributed by atoms with E-state index < -0.39 is 10.8 Å². The fourth-order valence-electron chi connectivity index (χ4n) is 7.40. The third kappa shape index (κ3) is 2.04. The molecule has 2 aromatic rings. The molecule has 2 bridgehead atoms. The molecule has 30 heavy (non-hydrogen) atoms. The average Bonchev–Trinajstić information content (AvgIpc) is 3.11. The Morgan fingerprint density at radius 2 is 2.10 bits per heavy atom. The standard InChI is InChI=1S/C24H26N2O3S/c27-19-8-5-14-13-16-15-6-7-18(23-24(15,9-10-25-16)21(14)22(19)29-23)26-11-12-30(28)20-4-2-1-3-17(20)26/h1-5,8,15-16,18,23,25,27H,6-7,9-13H2/t15-,16+,18+,23-,24-,30?/m0/s1. The molecule has 2 N–H and O–H groups in total. The van der Waals surface area contributed by atoms with Gasteiger partial charge in [0.05, 0.1) is 27.4 Å². The first-order chi connectivity index (χ1) is 14.7. The van der Waals surface area contributed by atoms with Gasteiger partial charge in [0.1, 0.15) is 6.10 Å². The van der Waals surface area contributed by atoms with Crippen LogP contribution in [0.25, 0.3) is 0 Å². The largest absolute Gasteiger partial charge is 0.504 e. The SMILES string of the molecule is O=S1CCN([C@@H]2CC[C@H]3[C@H]4Cc5ccc(O)c6c5[C@@]3(CCN4)[C@H]2O6)c2ccccc21. The van der Waals surface area contributed by atoms with Crippen molar-refractivity contribution >= 4 is 16.5 Å². The fraction of sp³-hybridized carbons (Fsp3) is 0.500. The number of phenolic OH excluding ortho intramolecular Hbond substituents is 1. The lowest BCUT2D eigenvalue weighted by molar-refractivity contribution is -0.0113. The van der Waals surface area contributed by atoms with Crippen LogP contribution in [0.4, 0.5) is 5.69 Å². The molecule has 1 unspecified atom stereocenters. The van der Waals surface area contributed by atoms with Crippen LogP contribution in [0.1, 0.15) is 30.4 Å². The highest BCUT2D eigenvalue weighted by atomic mass is 32.2. The zero-order chi connectivity index (χ0) is 20.0. The Morgan fingerprint density at radius 3 is 3.03 bits per heavy atom. The number of benzene rings is 2. The van der Waals surface area contributed by atoms with E-state index in [4.69, 9.17) is 4.74 Å². The lowest BCUT2D eigenvalue weighted by Gasteiger charge is -2.58.